The quantitative estimate of drug-likeness (QED) is 0.679. The average Bonchev–Trinajstić information content (AvgIpc) is 3.17. The molecule has 1 heterocycles. The van der Waals surface area contributed by atoms with Crippen LogP contribution in [0.4, 0.5) is 0 Å². The first kappa shape index (κ1) is 18.2. The molecule has 0 atom stereocenters. The molecule has 3 rings (SSSR count). The van der Waals surface area contributed by atoms with Gasteiger partial charge in [0.25, 0.3) is 5.91 Å². The van der Waals surface area contributed by atoms with Gasteiger partial charge in [0.15, 0.2) is 11.5 Å². The summed E-state index contributed by atoms with van der Waals surface area (Å²) < 4.78 is 10.5. The molecule has 0 bridgehead atoms. The lowest BCUT2D eigenvalue weighted by atomic mass is 10.2. The number of amides is 1. The van der Waals surface area contributed by atoms with Crippen LogP contribution in [0.25, 0.3) is 10.6 Å². The van der Waals surface area contributed by atoms with Gasteiger partial charge in [-0.15, -0.1) is 11.3 Å². The van der Waals surface area contributed by atoms with E-state index in [0.29, 0.717) is 28.8 Å². The Morgan fingerprint density at radius 2 is 1.85 bits per heavy atom. The number of ether oxygens (including phenoxy) is 2. The second-order valence-corrected chi connectivity index (χ2v) is 6.71. The number of nitrogens with one attached hydrogen (secondary N) is 1. The van der Waals surface area contributed by atoms with Gasteiger partial charge in [0.1, 0.15) is 10.7 Å². The minimum absolute atomic E-state index is 0.220. The number of benzene rings is 2. The topological polar surface area (TPSA) is 60.5 Å². The van der Waals surface area contributed by atoms with Crippen molar-refractivity contribution in [1.29, 1.82) is 0 Å². The standard InChI is InChI=1S/C19H17ClN2O3S/c1-24-16-8-5-13(9-17(16)25-2)19-22-15(11-26-19)18(23)21-10-12-3-6-14(20)7-4-12/h3-9,11H,10H2,1-2H3,(H,21,23). The summed E-state index contributed by atoms with van der Waals surface area (Å²) in [5.74, 6) is 1.05. The van der Waals surface area contributed by atoms with Crippen molar-refractivity contribution in [2.75, 3.05) is 14.2 Å². The number of aromatic nitrogens is 1. The summed E-state index contributed by atoms with van der Waals surface area (Å²) in [5, 5.41) is 6.00. The van der Waals surface area contributed by atoms with Crippen molar-refractivity contribution < 1.29 is 14.3 Å². The Balaban J connectivity index is 1.70. The zero-order chi connectivity index (χ0) is 18.5. The normalized spacial score (nSPS) is 10.4. The van der Waals surface area contributed by atoms with Gasteiger partial charge >= 0.3 is 0 Å². The Bertz CT molecular complexity index is 909. The molecule has 0 aliphatic heterocycles. The Morgan fingerprint density at radius 3 is 2.54 bits per heavy atom. The third-order valence-electron chi connectivity index (χ3n) is 3.73. The van der Waals surface area contributed by atoms with E-state index in [1.165, 1.54) is 11.3 Å². The molecule has 5 nitrogen and oxygen atoms in total. The van der Waals surface area contributed by atoms with E-state index in [1.54, 1.807) is 31.7 Å². The third kappa shape index (κ3) is 4.15. The van der Waals surface area contributed by atoms with Crippen LogP contribution in [0.1, 0.15) is 16.1 Å². The summed E-state index contributed by atoms with van der Waals surface area (Å²) >= 11 is 7.26. The van der Waals surface area contributed by atoms with Gasteiger partial charge in [-0.3, -0.25) is 4.79 Å². The van der Waals surface area contributed by atoms with E-state index in [1.807, 2.05) is 30.3 Å². The molecule has 0 spiro atoms. The van der Waals surface area contributed by atoms with Crippen LogP contribution in [0.5, 0.6) is 11.5 Å². The zero-order valence-electron chi connectivity index (χ0n) is 14.3. The van der Waals surface area contributed by atoms with Gasteiger partial charge in [-0.1, -0.05) is 23.7 Å². The lowest BCUT2D eigenvalue weighted by molar-refractivity contribution is 0.0946. The third-order valence-corrected chi connectivity index (χ3v) is 4.88. The molecule has 0 aliphatic carbocycles. The fourth-order valence-electron chi connectivity index (χ4n) is 2.36. The van der Waals surface area contributed by atoms with Crippen molar-refractivity contribution in [3.8, 4) is 22.1 Å². The molecule has 7 heteroatoms. The molecule has 2 aromatic carbocycles. The van der Waals surface area contributed by atoms with Crippen LogP contribution < -0.4 is 14.8 Å². The number of carbonyl (C=O) groups excluding carboxylic acids is 1. The Hall–Kier alpha value is -2.57. The van der Waals surface area contributed by atoms with Crippen LogP contribution >= 0.6 is 22.9 Å². The van der Waals surface area contributed by atoms with Crippen LogP contribution in [-0.2, 0) is 6.54 Å². The van der Waals surface area contributed by atoms with E-state index < -0.39 is 0 Å². The van der Waals surface area contributed by atoms with Crippen LogP contribution in [0.15, 0.2) is 47.8 Å². The van der Waals surface area contributed by atoms with E-state index in [0.717, 1.165) is 16.1 Å². The predicted molar refractivity (Wildman–Crippen MR) is 103 cm³/mol. The van der Waals surface area contributed by atoms with Crippen molar-refractivity contribution in [2.45, 2.75) is 6.54 Å². The summed E-state index contributed by atoms with van der Waals surface area (Å²) in [4.78, 5) is 16.7. The van der Waals surface area contributed by atoms with Crippen LogP contribution in [-0.4, -0.2) is 25.1 Å². The van der Waals surface area contributed by atoms with Gasteiger partial charge in [-0.2, -0.15) is 0 Å². The molecule has 0 radical (unpaired) electrons. The number of hydrogen-bond donors (Lipinski definition) is 1. The fraction of sp³-hybridized carbons (Fsp3) is 0.158. The number of carbonyl (C=O) groups is 1. The van der Waals surface area contributed by atoms with Crippen molar-refractivity contribution in [1.82, 2.24) is 10.3 Å². The molecule has 134 valence electrons. The van der Waals surface area contributed by atoms with E-state index >= 15 is 0 Å². The monoisotopic (exact) mass is 388 g/mol. The first-order valence-electron chi connectivity index (χ1n) is 7.81. The molecule has 1 N–H and O–H groups in total. The highest BCUT2D eigenvalue weighted by atomic mass is 35.5. The Kier molecular flexibility index (Phi) is 5.75. The fourth-order valence-corrected chi connectivity index (χ4v) is 3.28. The number of halogens is 1. The number of thiazole rings is 1. The summed E-state index contributed by atoms with van der Waals surface area (Å²) in [5.41, 5.74) is 2.22. The van der Waals surface area contributed by atoms with Gasteiger partial charge in [0.2, 0.25) is 0 Å². The highest BCUT2D eigenvalue weighted by Crippen LogP contribution is 2.33. The Morgan fingerprint density at radius 1 is 1.12 bits per heavy atom. The van der Waals surface area contributed by atoms with Gasteiger partial charge in [0.05, 0.1) is 14.2 Å². The van der Waals surface area contributed by atoms with Gasteiger partial charge in [-0.25, -0.2) is 4.98 Å². The predicted octanol–water partition coefficient (Wildman–Crippen LogP) is 4.41. The lowest BCUT2D eigenvalue weighted by Gasteiger charge is -2.08. The lowest BCUT2D eigenvalue weighted by Crippen LogP contribution is -2.23. The minimum atomic E-state index is -0.220. The second kappa shape index (κ2) is 8.21. The van der Waals surface area contributed by atoms with E-state index in [2.05, 4.69) is 10.3 Å². The van der Waals surface area contributed by atoms with E-state index in [-0.39, 0.29) is 5.91 Å². The van der Waals surface area contributed by atoms with Crippen molar-refractivity contribution >= 4 is 28.8 Å². The first-order valence-corrected chi connectivity index (χ1v) is 9.07. The van der Waals surface area contributed by atoms with Crippen molar-refractivity contribution in [3.05, 3.63) is 64.1 Å². The molecule has 3 aromatic rings. The maximum atomic E-state index is 12.3. The summed E-state index contributed by atoms with van der Waals surface area (Å²) in [6.45, 7) is 0.416. The van der Waals surface area contributed by atoms with Gasteiger partial charge < -0.3 is 14.8 Å². The molecule has 0 unspecified atom stereocenters. The van der Waals surface area contributed by atoms with Crippen LogP contribution in [0, 0.1) is 0 Å². The molecule has 0 aliphatic rings. The van der Waals surface area contributed by atoms with E-state index in [4.69, 9.17) is 21.1 Å². The minimum Gasteiger partial charge on any atom is -0.493 e. The molecule has 1 aromatic heterocycles. The SMILES string of the molecule is COc1ccc(-c2nc(C(=O)NCc3ccc(Cl)cc3)cs2)cc1OC. The molecule has 1 amide bonds. The van der Waals surface area contributed by atoms with Crippen molar-refractivity contribution in [3.63, 3.8) is 0 Å². The highest BCUT2D eigenvalue weighted by Gasteiger charge is 2.13. The maximum absolute atomic E-state index is 12.3. The van der Waals surface area contributed by atoms with Gasteiger partial charge in [-0.05, 0) is 35.9 Å². The molecular formula is C19H17ClN2O3S. The second-order valence-electron chi connectivity index (χ2n) is 5.42. The molecule has 26 heavy (non-hydrogen) atoms. The highest BCUT2D eigenvalue weighted by molar-refractivity contribution is 7.13. The summed E-state index contributed by atoms with van der Waals surface area (Å²) in [6.07, 6.45) is 0. The first-order chi connectivity index (χ1) is 12.6. The molecule has 0 saturated heterocycles. The molecular weight excluding hydrogens is 372 g/mol. The molecule has 0 fully saturated rings. The summed E-state index contributed by atoms with van der Waals surface area (Å²) in [6, 6.07) is 12.9. The Labute approximate surface area is 160 Å². The maximum Gasteiger partial charge on any atom is 0.271 e. The number of nitrogens with zero attached hydrogens (tertiary/aromatic N) is 1. The number of rotatable bonds is 6. The van der Waals surface area contributed by atoms with Crippen LogP contribution in [0.2, 0.25) is 5.02 Å². The number of methoxy groups -OCH3 is 2. The van der Waals surface area contributed by atoms with E-state index in [9.17, 15) is 4.79 Å². The average molecular weight is 389 g/mol. The largest absolute Gasteiger partial charge is 0.493 e. The van der Waals surface area contributed by atoms with Gasteiger partial charge in [0, 0.05) is 22.5 Å². The van der Waals surface area contributed by atoms with Crippen molar-refractivity contribution in [2.24, 2.45) is 0 Å². The molecule has 0 saturated carbocycles. The number of hydrogen-bond acceptors (Lipinski definition) is 5. The smallest absolute Gasteiger partial charge is 0.271 e. The summed E-state index contributed by atoms with van der Waals surface area (Å²) in [7, 11) is 3.17. The van der Waals surface area contributed by atoms with Crippen LogP contribution in [0.3, 0.4) is 0 Å². The zero-order valence-corrected chi connectivity index (χ0v) is 15.9.